The highest BCUT2D eigenvalue weighted by molar-refractivity contribution is 6.03. The van der Waals surface area contributed by atoms with Gasteiger partial charge in [0.05, 0.1) is 0 Å². The van der Waals surface area contributed by atoms with Gasteiger partial charge in [-0.3, -0.25) is 10.2 Å². The lowest BCUT2D eigenvalue weighted by Crippen LogP contribution is -2.53. The molecule has 3 heterocycles. The SMILES string of the molecule is Cc1ccc(NC(=O)N/C(=N\c2nc(C)cc(C)n2)N2CCN(Cc3ccc4c(c3)OCO4)CC2)cc1. The van der Waals surface area contributed by atoms with E-state index in [1.165, 1.54) is 5.56 Å². The van der Waals surface area contributed by atoms with Gasteiger partial charge < -0.3 is 19.7 Å². The summed E-state index contributed by atoms with van der Waals surface area (Å²) < 4.78 is 10.9. The van der Waals surface area contributed by atoms with Crippen LogP contribution in [0.15, 0.2) is 53.5 Å². The number of aromatic nitrogens is 2. The summed E-state index contributed by atoms with van der Waals surface area (Å²) in [4.78, 5) is 30.8. The van der Waals surface area contributed by atoms with Crippen molar-refractivity contribution in [3.63, 3.8) is 0 Å². The molecule has 0 radical (unpaired) electrons. The number of hydrogen-bond acceptors (Lipinski definition) is 7. The van der Waals surface area contributed by atoms with E-state index in [0.717, 1.165) is 48.1 Å². The number of nitrogens with zero attached hydrogens (tertiary/aromatic N) is 5. The summed E-state index contributed by atoms with van der Waals surface area (Å²) >= 11 is 0. The Morgan fingerprint density at radius 1 is 0.919 bits per heavy atom. The van der Waals surface area contributed by atoms with Gasteiger partial charge in [0.1, 0.15) is 0 Å². The first-order chi connectivity index (χ1) is 17.9. The van der Waals surface area contributed by atoms with Crippen LogP contribution in [-0.4, -0.2) is 64.7 Å². The second-order valence-corrected chi connectivity index (χ2v) is 9.28. The van der Waals surface area contributed by atoms with Crippen LogP contribution in [-0.2, 0) is 6.54 Å². The summed E-state index contributed by atoms with van der Waals surface area (Å²) in [5.74, 6) is 2.34. The smallest absolute Gasteiger partial charge is 0.326 e. The molecule has 2 aliphatic heterocycles. The molecule has 1 saturated heterocycles. The van der Waals surface area contributed by atoms with Crippen LogP contribution < -0.4 is 20.1 Å². The van der Waals surface area contributed by atoms with Gasteiger partial charge in [-0.15, -0.1) is 0 Å². The minimum Gasteiger partial charge on any atom is -0.454 e. The number of benzene rings is 2. The molecule has 0 aliphatic carbocycles. The van der Waals surface area contributed by atoms with Crippen LogP contribution in [0, 0.1) is 20.8 Å². The maximum absolute atomic E-state index is 12.9. The molecule has 2 aromatic carbocycles. The minimum atomic E-state index is -0.366. The number of carbonyl (C=O) groups is 1. The Balaban J connectivity index is 1.27. The van der Waals surface area contributed by atoms with Gasteiger partial charge in [0.25, 0.3) is 5.95 Å². The summed E-state index contributed by atoms with van der Waals surface area (Å²) in [6.07, 6.45) is 0. The number of anilines is 1. The van der Waals surface area contributed by atoms with E-state index >= 15 is 0 Å². The average molecular weight is 502 g/mol. The largest absolute Gasteiger partial charge is 0.454 e. The highest BCUT2D eigenvalue weighted by Crippen LogP contribution is 2.32. The van der Waals surface area contributed by atoms with Crippen molar-refractivity contribution in [1.29, 1.82) is 0 Å². The Bertz CT molecular complexity index is 1280. The lowest BCUT2D eigenvalue weighted by molar-refractivity contribution is 0.171. The Morgan fingerprint density at radius 3 is 2.35 bits per heavy atom. The minimum absolute atomic E-state index is 0.272. The van der Waals surface area contributed by atoms with E-state index in [1.54, 1.807) is 0 Å². The molecular weight excluding hydrogens is 470 g/mol. The van der Waals surface area contributed by atoms with Gasteiger partial charge in [-0.2, -0.15) is 4.99 Å². The molecule has 0 atom stereocenters. The van der Waals surface area contributed by atoms with Crippen LogP contribution in [0.2, 0.25) is 0 Å². The first-order valence-corrected chi connectivity index (χ1v) is 12.3. The summed E-state index contributed by atoms with van der Waals surface area (Å²) in [6, 6.07) is 15.2. The van der Waals surface area contributed by atoms with Crippen LogP contribution in [0.5, 0.6) is 11.5 Å². The van der Waals surface area contributed by atoms with Gasteiger partial charge in [-0.25, -0.2) is 14.8 Å². The number of rotatable bonds is 4. The predicted octanol–water partition coefficient (Wildman–Crippen LogP) is 3.76. The molecule has 0 spiro atoms. The fraction of sp³-hybridized carbons (Fsp3) is 0.333. The van der Waals surface area contributed by atoms with Crippen molar-refractivity contribution in [1.82, 2.24) is 25.1 Å². The predicted molar refractivity (Wildman–Crippen MR) is 141 cm³/mol. The maximum atomic E-state index is 12.9. The molecule has 0 unspecified atom stereocenters. The molecule has 3 aromatic rings. The molecule has 192 valence electrons. The Hall–Kier alpha value is -4.18. The Morgan fingerprint density at radius 2 is 1.62 bits per heavy atom. The zero-order valence-corrected chi connectivity index (χ0v) is 21.3. The number of fused-ring (bicyclic) bond motifs is 1. The van der Waals surface area contributed by atoms with Crippen molar-refractivity contribution >= 4 is 23.6 Å². The quantitative estimate of drug-likeness (QED) is 0.414. The molecule has 2 N–H and O–H groups in total. The Labute approximate surface area is 216 Å². The normalized spacial score (nSPS) is 15.5. The maximum Gasteiger partial charge on any atom is 0.326 e. The van der Waals surface area contributed by atoms with Crippen molar-refractivity contribution in [3.8, 4) is 11.5 Å². The summed E-state index contributed by atoms with van der Waals surface area (Å²) in [5, 5.41) is 5.81. The zero-order valence-electron chi connectivity index (χ0n) is 21.3. The molecule has 10 nitrogen and oxygen atoms in total. The van der Waals surface area contributed by atoms with Gasteiger partial charge in [0, 0.05) is 49.8 Å². The first kappa shape index (κ1) is 24.5. The number of piperazine rings is 1. The van der Waals surface area contributed by atoms with Crippen molar-refractivity contribution in [3.05, 3.63) is 71.0 Å². The number of nitrogens with one attached hydrogen (secondary N) is 2. The molecule has 1 aromatic heterocycles. The van der Waals surface area contributed by atoms with E-state index in [9.17, 15) is 4.79 Å². The van der Waals surface area contributed by atoms with E-state index in [0.29, 0.717) is 30.7 Å². The standard InChI is InChI=1S/C27H31N7O3/c1-18-4-7-22(8-5-18)30-27(35)32-26(31-25-28-19(2)14-20(3)29-25)34-12-10-33(11-13-34)16-21-6-9-23-24(15-21)37-17-36-23/h4-9,14-15H,10-13,16-17H2,1-3H3,(H2,28,29,30,31,32,35). The van der Waals surface area contributed by atoms with Crippen LogP contribution in [0.1, 0.15) is 22.5 Å². The lowest BCUT2D eigenvalue weighted by Gasteiger charge is -2.36. The number of guanidine groups is 1. The second kappa shape index (κ2) is 10.8. The molecule has 0 bridgehead atoms. The Kier molecular flexibility index (Phi) is 7.18. The number of ether oxygens (including phenoxy) is 2. The molecule has 5 rings (SSSR count). The van der Waals surface area contributed by atoms with Crippen LogP contribution in [0.3, 0.4) is 0 Å². The molecule has 2 amide bonds. The third-order valence-corrected chi connectivity index (χ3v) is 6.23. The number of aliphatic imine (C=N–C) groups is 1. The molecule has 0 saturated carbocycles. The third kappa shape index (κ3) is 6.34. The van der Waals surface area contributed by atoms with E-state index in [1.807, 2.05) is 63.2 Å². The highest BCUT2D eigenvalue weighted by atomic mass is 16.7. The third-order valence-electron chi connectivity index (χ3n) is 6.23. The van der Waals surface area contributed by atoms with Crippen molar-refractivity contribution < 1.29 is 14.3 Å². The second-order valence-electron chi connectivity index (χ2n) is 9.28. The monoisotopic (exact) mass is 501 g/mol. The summed E-state index contributed by atoms with van der Waals surface area (Å²) in [6.45, 7) is 9.89. The first-order valence-electron chi connectivity index (χ1n) is 12.3. The van der Waals surface area contributed by atoms with Gasteiger partial charge in [0.2, 0.25) is 12.8 Å². The molecule has 37 heavy (non-hydrogen) atoms. The number of hydrogen-bond donors (Lipinski definition) is 2. The lowest BCUT2D eigenvalue weighted by atomic mass is 10.1. The summed E-state index contributed by atoms with van der Waals surface area (Å²) in [5.41, 5.74) is 4.65. The average Bonchev–Trinajstić information content (AvgIpc) is 3.33. The van der Waals surface area contributed by atoms with E-state index in [-0.39, 0.29) is 12.8 Å². The van der Waals surface area contributed by atoms with Crippen LogP contribution in [0.4, 0.5) is 16.4 Å². The van der Waals surface area contributed by atoms with Crippen molar-refractivity contribution in [2.24, 2.45) is 4.99 Å². The van der Waals surface area contributed by atoms with E-state index < -0.39 is 0 Å². The van der Waals surface area contributed by atoms with E-state index in [4.69, 9.17) is 9.47 Å². The molecular formula is C27H31N7O3. The van der Waals surface area contributed by atoms with Crippen molar-refractivity contribution in [2.45, 2.75) is 27.3 Å². The van der Waals surface area contributed by atoms with Gasteiger partial charge in [-0.05, 0) is 56.7 Å². The fourth-order valence-electron chi connectivity index (χ4n) is 4.35. The number of amides is 2. The molecule has 2 aliphatic rings. The number of urea groups is 1. The molecule has 1 fully saturated rings. The fourth-order valence-corrected chi connectivity index (χ4v) is 4.35. The van der Waals surface area contributed by atoms with Crippen LogP contribution >= 0.6 is 0 Å². The van der Waals surface area contributed by atoms with Gasteiger partial charge >= 0.3 is 6.03 Å². The zero-order chi connectivity index (χ0) is 25.8. The van der Waals surface area contributed by atoms with Gasteiger partial charge in [-0.1, -0.05) is 23.8 Å². The van der Waals surface area contributed by atoms with Crippen molar-refractivity contribution in [2.75, 3.05) is 38.3 Å². The number of aryl methyl sites for hydroxylation is 3. The summed E-state index contributed by atoms with van der Waals surface area (Å²) in [7, 11) is 0. The highest BCUT2D eigenvalue weighted by Gasteiger charge is 2.23. The van der Waals surface area contributed by atoms with E-state index in [2.05, 4.69) is 41.5 Å². The van der Waals surface area contributed by atoms with Crippen LogP contribution in [0.25, 0.3) is 0 Å². The van der Waals surface area contributed by atoms with Gasteiger partial charge in [0.15, 0.2) is 11.5 Å². The molecule has 10 heteroatoms. The number of carbonyl (C=O) groups excluding carboxylic acids is 1. The topological polar surface area (TPSA) is 104 Å².